The van der Waals surface area contributed by atoms with E-state index in [0.29, 0.717) is 5.56 Å². The Balaban J connectivity index is 1.24. The van der Waals surface area contributed by atoms with E-state index in [2.05, 4.69) is 0 Å². The van der Waals surface area contributed by atoms with Gasteiger partial charge >= 0.3 is 0 Å². The summed E-state index contributed by atoms with van der Waals surface area (Å²) in [7, 11) is 1.40. The van der Waals surface area contributed by atoms with Crippen molar-refractivity contribution in [1.29, 1.82) is 0 Å². The summed E-state index contributed by atoms with van der Waals surface area (Å²) < 4.78 is 45.4. The van der Waals surface area contributed by atoms with Crippen LogP contribution in [0.3, 0.4) is 0 Å². The predicted octanol–water partition coefficient (Wildman–Crippen LogP) is -1.74. The zero-order chi connectivity index (χ0) is 37.6. The van der Waals surface area contributed by atoms with Crippen LogP contribution >= 0.6 is 0 Å². The molecular formula is C34H42O18. The number of aromatic hydroxyl groups is 1. The monoisotopic (exact) mass is 738 g/mol. The summed E-state index contributed by atoms with van der Waals surface area (Å²) in [4.78, 5) is 12.8. The average molecular weight is 739 g/mol. The van der Waals surface area contributed by atoms with Gasteiger partial charge < -0.3 is 83.5 Å². The van der Waals surface area contributed by atoms with Crippen molar-refractivity contribution in [2.45, 2.75) is 100 Å². The van der Waals surface area contributed by atoms with Crippen LogP contribution in [0.15, 0.2) is 51.7 Å². The molecular weight excluding hydrogens is 696 g/mol. The number of phenolic OH excluding ortho intramolecular Hbond substituents is 1. The Morgan fingerprint density at radius 3 is 2.12 bits per heavy atom. The summed E-state index contributed by atoms with van der Waals surface area (Å²) in [6, 6.07) is 10.0. The molecule has 6 rings (SSSR count). The minimum Gasteiger partial charge on any atom is -0.507 e. The molecule has 18 heteroatoms. The van der Waals surface area contributed by atoms with Crippen molar-refractivity contribution in [3.8, 4) is 28.6 Å². The van der Waals surface area contributed by atoms with Crippen molar-refractivity contribution in [3.63, 3.8) is 0 Å². The highest BCUT2D eigenvalue weighted by Gasteiger charge is 2.51. The highest BCUT2D eigenvalue weighted by atomic mass is 16.8. The fraction of sp³-hybridized carbons (Fsp3) is 0.559. The van der Waals surface area contributed by atoms with Crippen LogP contribution < -0.4 is 14.9 Å². The molecule has 3 aliphatic rings. The largest absolute Gasteiger partial charge is 0.507 e. The number of aliphatic hydroxyl groups excluding tert-OH is 8. The first kappa shape index (κ1) is 38.3. The van der Waals surface area contributed by atoms with Crippen LogP contribution in [0.5, 0.6) is 17.2 Å². The third-order valence-corrected chi connectivity index (χ3v) is 9.46. The van der Waals surface area contributed by atoms with Crippen molar-refractivity contribution in [2.24, 2.45) is 5.92 Å². The number of phenols is 1. The Morgan fingerprint density at radius 1 is 0.712 bits per heavy atom. The van der Waals surface area contributed by atoms with Crippen LogP contribution in [0.2, 0.25) is 0 Å². The van der Waals surface area contributed by atoms with Crippen molar-refractivity contribution in [1.82, 2.24) is 0 Å². The Hall–Kier alpha value is -3.47. The summed E-state index contributed by atoms with van der Waals surface area (Å²) in [5.41, 5.74) is 0.0212. The Bertz CT molecular complexity index is 1730. The van der Waals surface area contributed by atoms with Gasteiger partial charge in [-0.1, -0.05) is 6.92 Å². The number of fused-ring (bicyclic) bond motifs is 1. The van der Waals surface area contributed by atoms with E-state index in [1.54, 1.807) is 12.1 Å². The van der Waals surface area contributed by atoms with Crippen molar-refractivity contribution in [2.75, 3.05) is 13.7 Å². The lowest BCUT2D eigenvalue weighted by Crippen LogP contribution is -2.65. The molecule has 0 aliphatic carbocycles. The molecule has 0 unspecified atom stereocenters. The van der Waals surface area contributed by atoms with Crippen molar-refractivity contribution >= 4 is 11.0 Å². The summed E-state index contributed by atoms with van der Waals surface area (Å²) in [5.74, 6) is -0.566. The topological polar surface area (TPSA) is 277 Å². The first-order chi connectivity index (χ1) is 24.7. The molecule has 3 aliphatic heterocycles. The van der Waals surface area contributed by atoms with Gasteiger partial charge in [-0.05, 0) is 31.2 Å². The highest BCUT2D eigenvalue weighted by Crippen LogP contribution is 2.34. The molecule has 0 saturated carbocycles. The standard InChI is InChI=1S/C34H42O18/c1-12-23(37)28(42)31(44)52-32(12)46-11-21-25(39)27(41)30(51-33-29(43)26(40)24(38)13(2)47-33)34(50-21)48-15-6-4-14(5-7-15)19-10-18(36)22-17(35)8-16(45-3)9-20(22)49-19/h4-10,12-13,21,23-35,37-44H,11H2,1-3H3/t12-,13-,21+,23-,24-,25-,26+,27-,28+,29+,30+,31-,32-,33-,34+/m0/s1. The molecule has 18 nitrogen and oxygen atoms in total. The second-order valence-corrected chi connectivity index (χ2v) is 13.0. The van der Waals surface area contributed by atoms with Crippen LogP contribution in [-0.4, -0.2) is 146 Å². The number of hydrogen-bond donors (Lipinski definition) is 9. The SMILES string of the molecule is COc1cc(O)c2c(=O)cc(-c3ccc(O[C@@H]4O[C@H](CO[C@H]5O[C@H](O)[C@H](O)[C@@H](O)[C@@H]5C)[C@H](O)[C@H](O)[C@H]4O[C@@H]4O[C@@H](C)[C@H](O)[C@@H](O)[C@H]4O)cc3)oc2c1. The molecule has 15 atom stereocenters. The molecule has 0 spiro atoms. The first-order valence-electron chi connectivity index (χ1n) is 16.5. The van der Waals surface area contributed by atoms with Gasteiger partial charge in [-0.15, -0.1) is 0 Å². The van der Waals surface area contributed by atoms with E-state index in [4.69, 9.17) is 37.6 Å². The van der Waals surface area contributed by atoms with Gasteiger partial charge in [0.15, 0.2) is 30.4 Å². The minimum atomic E-state index is -1.79. The number of benzene rings is 2. The third-order valence-electron chi connectivity index (χ3n) is 9.46. The van der Waals surface area contributed by atoms with E-state index in [1.165, 1.54) is 51.3 Å². The van der Waals surface area contributed by atoms with Crippen molar-refractivity contribution < 1.29 is 83.5 Å². The lowest BCUT2D eigenvalue weighted by atomic mass is 9.95. The van der Waals surface area contributed by atoms with Crippen molar-refractivity contribution in [3.05, 3.63) is 52.7 Å². The summed E-state index contributed by atoms with van der Waals surface area (Å²) in [5, 5.41) is 93.7. The predicted molar refractivity (Wildman–Crippen MR) is 173 cm³/mol. The summed E-state index contributed by atoms with van der Waals surface area (Å²) >= 11 is 0. The number of ether oxygens (including phenoxy) is 7. The molecule has 0 radical (unpaired) electrons. The van der Waals surface area contributed by atoms with Gasteiger partial charge in [-0.25, -0.2) is 0 Å². The lowest BCUT2D eigenvalue weighted by Gasteiger charge is -2.46. The van der Waals surface area contributed by atoms with Crippen LogP contribution in [0.4, 0.5) is 0 Å². The maximum atomic E-state index is 12.8. The quantitative estimate of drug-likeness (QED) is 0.118. The van der Waals surface area contributed by atoms with E-state index >= 15 is 0 Å². The zero-order valence-electron chi connectivity index (χ0n) is 28.1. The van der Waals surface area contributed by atoms with Gasteiger partial charge in [0.25, 0.3) is 0 Å². The van der Waals surface area contributed by atoms with Crippen LogP contribution in [0.1, 0.15) is 13.8 Å². The van der Waals surface area contributed by atoms with Gasteiger partial charge in [0.1, 0.15) is 76.7 Å². The fourth-order valence-electron chi connectivity index (χ4n) is 6.26. The van der Waals surface area contributed by atoms with Gasteiger partial charge in [0, 0.05) is 29.7 Å². The third kappa shape index (κ3) is 7.48. The molecule has 286 valence electrons. The van der Waals surface area contributed by atoms with Gasteiger partial charge in [0.2, 0.25) is 6.29 Å². The minimum absolute atomic E-state index is 0.0257. The molecule has 9 N–H and O–H groups in total. The van der Waals surface area contributed by atoms with E-state index in [-0.39, 0.29) is 34.0 Å². The zero-order valence-corrected chi connectivity index (χ0v) is 28.1. The second-order valence-electron chi connectivity index (χ2n) is 13.0. The fourth-order valence-corrected chi connectivity index (χ4v) is 6.26. The van der Waals surface area contributed by atoms with Gasteiger partial charge in [-0.2, -0.15) is 0 Å². The van der Waals surface area contributed by atoms with Crippen LogP contribution in [-0.2, 0) is 23.7 Å². The molecule has 2 aromatic carbocycles. The Labute approximate surface area is 295 Å². The van der Waals surface area contributed by atoms with Gasteiger partial charge in [-0.3, -0.25) is 4.79 Å². The number of methoxy groups -OCH3 is 1. The molecule has 3 saturated heterocycles. The number of hydrogen-bond acceptors (Lipinski definition) is 18. The maximum absolute atomic E-state index is 12.8. The normalized spacial score (nSPS) is 38.2. The first-order valence-corrected chi connectivity index (χ1v) is 16.5. The smallest absolute Gasteiger partial charge is 0.229 e. The summed E-state index contributed by atoms with van der Waals surface area (Å²) in [6.45, 7) is 2.46. The molecule has 52 heavy (non-hydrogen) atoms. The van der Waals surface area contributed by atoms with Gasteiger partial charge in [0.05, 0.1) is 25.9 Å². The van der Waals surface area contributed by atoms with E-state index in [9.17, 15) is 50.8 Å². The molecule has 0 bridgehead atoms. The number of rotatable bonds is 9. The summed E-state index contributed by atoms with van der Waals surface area (Å²) in [6.07, 6.45) is -21.4. The van der Waals surface area contributed by atoms with E-state index < -0.39 is 104 Å². The molecule has 3 aromatic rings. The van der Waals surface area contributed by atoms with Crippen LogP contribution in [0, 0.1) is 5.92 Å². The van der Waals surface area contributed by atoms with E-state index in [0.717, 1.165) is 0 Å². The Morgan fingerprint density at radius 2 is 1.42 bits per heavy atom. The highest BCUT2D eigenvalue weighted by molar-refractivity contribution is 5.86. The van der Waals surface area contributed by atoms with Crippen LogP contribution in [0.25, 0.3) is 22.3 Å². The second kappa shape index (κ2) is 15.5. The lowest BCUT2D eigenvalue weighted by molar-refractivity contribution is -0.363. The number of aliphatic hydroxyl groups is 8. The maximum Gasteiger partial charge on any atom is 0.229 e. The molecule has 4 heterocycles. The average Bonchev–Trinajstić information content (AvgIpc) is 3.12. The molecule has 1 aromatic heterocycles. The van der Waals surface area contributed by atoms with E-state index in [1.807, 2.05) is 0 Å². The Kier molecular flexibility index (Phi) is 11.4. The molecule has 0 amide bonds. The molecule has 3 fully saturated rings.